The number of nitrogens with zero attached hydrogens (tertiary/aromatic N) is 5. The zero-order chi connectivity index (χ0) is 22.4. The zero-order valence-corrected chi connectivity index (χ0v) is 19.9. The van der Waals surface area contributed by atoms with Gasteiger partial charge in [-0.15, -0.1) is 0 Å². The molecule has 31 heavy (non-hydrogen) atoms. The van der Waals surface area contributed by atoms with Crippen molar-refractivity contribution in [2.24, 2.45) is 16.8 Å². The number of aliphatic imine (C=N–C) groups is 1. The van der Waals surface area contributed by atoms with Crippen LogP contribution in [0.15, 0.2) is 23.7 Å². The largest absolute Gasteiger partial charge is 0.444 e. The Morgan fingerprint density at radius 1 is 1.23 bits per heavy atom. The van der Waals surface area contributed by atoms with Crippen LogP contribution in [0, 0.1) is 11.8 Å². The van der Waals surface area contributed by atoms with E-state index in [1.54, 1.807) is 0 Å². The second-order valence-electron chi connectivity index (χ2n) is 9.99. The molecule has 0 bridgehead atoms. The van der Waals surface area contributed by atoms with Gasteiger partial charge >= 0.3 is 6.09 Å². The topological polar surface area (TPSA) is 75.0 Å². The number of nitrogens with one attached hydrogen (secondary N) is 1. The predicted octanol–water partition coefficient (Wildman–Crippen LogP) is 3.38. The summed E-state index contributed by atoms with van der Waals surface area (Å²) in [6.45, 7) is 12.5. The van der Waals surface area contributed by atoms with Crippen LogP contribution in [0.25, 0.3) is 0 Å². The Morgan fingerprint density at radius 3 is 2.71 bits per heavy atom. The molecule has 1 aromatic rings. The first-order valence-corrected chi connectivity index (χ1v) is 11.7. The summed E-state index contributed by atoms with van der Waals surface area (Å²) in [7, 11) is 1.86. The van der Waals surface area contributed by atoms with E-state index in [-0.39, 0.29) is 6.09 Å². The molecule has 1 N–H and O–H groups in total. The summed E-state index contributed by atoms with van der Waals surface area (Å²) in [5.41, 5.74) is -0.446. The van der Waals surface area contributed by atoms with E-state index in [1.165, 1.54) is 0 Å². The second-order valence-corrected chi connectivity index (χ2v) is 9.99. The van der Waals surface area contributed by atoms with Crippen LogP contribution < -0.4 is 5.32 Å². The smallest absolute Gasteiger partial charge is 0.410 e. The maximum atomic E-state index is 12.4. The number of piperidine rings is 2. The van der Waals surface area contributed by atoms with Crippen molar-refractivity contribution in [1.29, 1.82) is 0 Å². The van der Waals surface area contributed by atoms with E-state index in [4.69, 9.17) is 4.74 Å². The molecule has 1 aromatic heterocycles. The Hall–Kier alpha value is -2.25. The molecular weight excluding hydrogens is 392 g/mol. The molecule has 3 heterocycles. The molecule has 3 unspecified atom stereocenters. The minimum Gasteiger partial charge on any atom is -0.444 e. The van der Waals surface area contributed by atoms with Crippen LogP contribution in [0.4, 0.5) is 4.79 Å². The number of hydrogen-bond acceptors (Lipinski definition) is 4. The first-order valence-electron chi connectivity index (χ1n) is 11.7. The fourth-order valence-corrected chi connectivity index (χ4v) is 4.61. The summed E-state index contributed by atoms with van der Waals surface area (Å²) < 4.78 is 7.77. The molecule has 2 aliphatic rings. The van der Waals surface area contributed by atoms with Gasteiger partial charge in [-0.2, -0.15) is 0 Å². The molecule has 0 saturated carbocycles. The highest BCUT2D eigenvalue weighted by Gasteiger charge is 2.30. The van der Waals surface area contributed by atoms with Crippen LogP contribution in [0.5, 0.6) is 0 Å². The molecule has 2 aliphatic heterocycles. The maximum Gasteiger partial charge on any atom is 0.410 e. The maximum absolute atomic E-state index is 12.4. The van der Waals surface area contributed by atoms with E-state index in [1.807, 2.05) is 45.2 Å². The van der Waals surface area contributed by atoms with Crippen molar-refractivity contribution in [3.05, 3.63) is 18.7 Å². The fraction of sp³-hybridized carbons (Fsp3) is 0.783. The minimum atomic E-state index is -0.446. The summed E-state index contributed by atoms with van der Waals surface area (Å²) in [6.07, 6.45) is 9.99. The van der Waals surface area contributed by atoms with Gasteiger partial charge in [-0.05, 0) is 58.3 Å². The number of aromatic nitrogens is 2. The van der Waals surface area contributed by atoms with Crippen LogP contribution in [-0.4, -0.2) is 76.8 Å². The van der Waals surface area contributed by atoms with Gasteiger partial charge in [0.2, 0.25) is 0 Å². The van der Waals surface area contributed by atoms with Gasteiger partial charge in [-0.1, -0.05) is 6.92 Å². The van der Waals surface area contributed by atoms with E-state index in [9.17, 15) is 4.79 Å². The van der Waals surface area contributed by atoms with Gasteiger partial charge in [-0.25, -0.2) is 9.78 Å². The first-order chi connectivity index (χ1) is 14.8. The van der Waals surface area contributed by atoms with Crippen molar-refractivity contribution in [3.63, 3.8) is 0 Å². The number of amides is 1. The third kappa shape index (κ3) is 6.61. The molecule has 0 radical (unpaired) electrons. The summed E-state index contributed by atoms with van der Waals surface area (Å²) >= 11 is 0. The Labute approximate surface area is 187 Å². The Kier molecular flexibility index (Phi) is 7.84. The lowest BCUT2D eigenvalue weighted by molar-refractivity contribution is 0.0162. The van der Waals surface area contributed by atoms with Crippen LogP contribution in [0.1, 0.15) is 59.4 Å². The lowest BCUT2D eigenvalue weighted by Crippen LogP contribution is -2.49. The summed E-state index contributed by atoms with van der Waals surface area (Å²) in [5.74, 6) is 2.08. The number of hydrogen-bond donors (Lipinski definition) is 1. The monoisotopic (exact) mass is 432 g/mol. The van der Waals surface area contributed by atoms with Crippen molar-refractivity contribution in [2.75, 3.05) is 39.8 Å². The van der Waals surface area contributed by atoms with Gasteiger partial charge in [0.25, 0.3) is 0 Å². The highest BCUT2D eigenvalue weighted by molar-refractivity contribution is 5.80. The summed E-state index contributed by atoms with van der Waals surface area (Å²) in [6, 6.07) is 0.413. The highest BCUT2D eigenvalue weighted by Crippen LogP contribution is 2.27. The van der Waals surface area contributed by atoms with Crippen LogP contribution in [-0.2, 0) is 4.74 Å². The zero-order valence-electron chi connectivity index (χ0n) is 19.9. The van der Waals surface area contributed by atoms with E-state index >= 15 is 0 Å². The van der Waals surface area contributed by atoms with E-state index in [0.29, 0.717) is 17.9 Å². The summed E-state index contributed by atoms with van der Waals surface area (Å²) in [5, 5.41) is 3.57. The fourth-order valence-electron chi connectivity index (χ4n) is 4.61. The number of likely N-dealkylation sites (tertiary alicyclic amines) is 2. The van der Waals surface area contributed by atoms with E-state index < -0.39 is 5.60 Å². The molecule has 3 atom stereocenters. The number of ether oxygens (including phenoxy) is 1. The van der Waals surface area contributed by atoms with Crippen molar-refractivity contribution in [3.8, 4) is 0 Å². The number of guanidine groups is 1. The first kappa shape index (κ1) is 23.4. The molecule has 8 nitrogen and oxygen atoms in total. The van der Waals surface area contributed by atoms with Gasteiger partial charge in [-0.3, -0.25) is 4.99 Å². The number of carbonyl (C=O) groups excluding carboxylic acids is 1. The number of carbonyl (C=O) groups is 1. The molecular formula is C23H40N6O2. The third-order valence-corrected chi connectivity index (χ3v) is 6.34. The Morgan fingerprint density at radius 2 is 2.03 bits per heavy atom. The Balaban J connectivity index is 1.47. The molecule has 2 saturated heterocycles. The lowest BCUT2D eigenvalue weighted by Gasteiger charge is -2.39. The second kappa shape index (κ2) is 10.4. The minimum absolute atomic E-state index is 0.186. The number of imidazole rings is 1. The molecule has 0 aromatic carbocycles. The third-order valence-electron chi connectivity index (χ3n) is 6.34. The molecule has 3 rings (SSSR count). The van der Waals surface area contributed by atoms with Crippen molar-refractivity contribution < 1.29 is 9.53 Å². The van der Waals surface area contributed by atoms with Crippen molar-refractivity contribution in [1.82, 2.24) is 24.7 Å². The van der Waals surface area contributed by atoms with Crippen LogP contribution >= 0.6 is 0 Å². The average molecular weight is 433 g/mol. The van der Waals surface area contributed by atoms with Gasteiger partial charge in [0.05, 0.1) is 12.4 Å². The molecule has 174 valence electrons. The van der Waals surface area contributed by atoms with E-state index in [2.05, 4.69) is 37.9 Å². The van der Waals surface area contributed by atoms with E-state index in [0.717, 1.165) is 64.4 Å². The normalized spacial score (nSPS) is 25.5. The van der Waals surface area contributed by atoms with Gasteiger partial charge in [0.15, 0.2) is 5.96 Å². The number of rotatable bonds is 4. The average Bonchev–Trinajstić information content (AvgIpc) is 3.25. The molecule has 1 amide bonds. The van der Waals surface area contributed by atoms with Crippen molar-refractivity contribution in [2.45, 2.75) is 65.0 Å². The highest BCUT2D eigenvalue weighted by atomic mass is 16.6. The molecule has 0 spiro atoms. The Bertz CT molecular complexity index is 727. The molecule has 8 heteroatoms. The van der Waals surface area contributed by atoms with Crippen LogP contribution in [0.2, 0.25) is 0 Å². The molecule has 0 aliphatic carbocycles. The summed E-state index contributed by atoms with van der Waals surface area (Å²) in [4.78, 5) is 25.4. The standard InChI is InChI=1S/C23H40N6O2/c1-18-9-13-27(16-20(18)29-14-11-25-17-29)21(24-5)26-10-8-19-7-6-12-28(15-19)22(30)31-23(2,3)4/h11,14,17-20H,6-10,12-13,15-16H2,1-5H3,(H,24,26). The van der Waals surface area contributed by atoms with Gasteiger partial charge < -0.3 is 24.4 Å². The lowest BCUT2D eigenvalue weighted by atomic mass is 9.93. The molecule has 2 fully saturated rings. The van der Waals surface area contributed by atoms with Gasteiger partial charge in [0, 0.05) is 52.2 Å². The quantitative estimate of drug-likeness (QED) is 0.583. The van der Waals surface area contributed by atoms with Gasteiger partial charge in [0.1, 0.15) is 5.60 Å². The SMILES string of the molecule is CN=C(NCCC1CCCN(C(=O)OC(C)(C)C)C1)N1CCC(C)C(n2ccnc2)C1. The predicted molar refractivity (Wildman–Crippen MR) is 123 cm³/mol. The van der Waals surface area contributed by atoms with Crippen molar-refractivity contribution >= 4 is 12.1 Å². The van der Waals surface area contributed by atoms with Crippen LogP contribution in [0.3, 0.4) is 0 Å².